The van der Waals surface area contributed by atoms with E-state index in [2.05, 4.69) is 15.3 Å². The Bertz CT molecular complexity index is 1260. The second-order valence-electron chi connectivity index (χ2n) is 5.87. The number of pyridine rings is 1. The maximum atomic E-state index is 13.0. The predicted octanol–water partition coefficient (Wildman–Crippen LogP) is 2.75. The first-order valence-electron chi connectivity index (χ1n) is 7.92. The summed E-state index contributed by atoms with van der Waals surface area (Å²) in [6, 6.07) is 7.80. The predicted molar refractivity (Wildman–Crippen MR) is 100 cm³/mol. The molecule has 1 aromatic carbocycles. The summed E-state index contributed by atoms with van der Waals surface area (Å²) in [5.41, 5.74) is 1.47. The van der Waals surface area contributed by atoms with E-state index in [0.717, 1.165) is 21.3 Å². The minimum atomic E-state index is -0.555. The van der Waals surface area contributed by atoms with Crippen LogP contribution in [0.4, 0.5) is 5.69 Å². The quantitative estimate of drug-likeness (QED) is 0.393. The second kappa shape index (κ2) is 6.49. The topological polar surface area (TPSA) is 113 Å². The fraction of sp³-hybridized carbons (Fsp3) is 0.176. The van der Waals surface area contributed by atoms with Crippen LogP contribution in [0, 0.1) is 17.0 Å². The Morgan fingerprint density at radius 3 is 2.85 bits per heavy atom. The summed E-state index contributed by atoms with van der Waals surface area (Å²) < 4.78 is 6.54. The van der Waals surface area contributed by atoms with Crippen LogP contribution in [0.5, 0.6) is 0 Å². The number of nitrogens with zero attached hydrogens (tertiary/aromatic N) is 5. The molecule has 0 N–H and O–H groups in total. The number of thiophene rings is 1. The van der Waals surface area contributed by atoms with Gasteiger partial charge in [-0.2, -0.15) is 4.68 Å². The molecule has 0 spiro atoms. The number of rotatable bonds is 4. The average Bonchev–Trinajstić information content (AvgIpc) is 3.01. The second-order valence-corrected chi connectivity index (χ2v) is 6.87. The van der Waals surface area contributed by atoms with Crippen molar-refractivity contribution in [3.05, 3.63) is 62.1 Å². The smallest absolute Gasteiger partial charge is 0.295 e. The molecule has 3 aromatic heterocycles. The van der Waals surface area contributed by atoms with Crippen molar-refractivity contribution in [1.29, 1.82) is 0 Å². The molecule has 27 heavy (non-hydrogen) atoms. The van der Waals surface area contributed by atoms with Crippen molar-refractivity contribution in [2.24, 2.45) is 0 Å². The van der Waals surface area contributed by atoms with Gasteiger partial charge >= 0.3 is 0 Å². The van der Waals surface area contributed by atoms with E-state index in [-0.39, 0.29) is 11.4 Å². The molecule has 0 bridgehead atoms. The molecule has 10 heteroatoms. The van der Waals surface area contributed by atoms with Gasteiger partial charge in [-0.25, -0.2) is 4.98 Å². The van der Waals surface area contributed by atoms with E-state index in [9.17, 15) is 14.9 Å². The Morgan fingerprint density at radius 2 is 2.11 bits per heavy atom. The molecule has 0 saturated carbocycles. The minimum Gasteiger partial charge on any atom is -0.380 e. The molecule has 9 nitrogen and oxygen atoms in total. The van der Waals surface area contributed by atoms with E-state index in [0.29, 0.717) is 21.7 Å². The number of hydrogen-bond donors (Lipinski definition) is 0. The third-order valence-electron chi connectivity index (χ3n) is 4.07. The standard InChI is InChI=1S/C17H13N5O4S/c1-9-7-10(8-26-2)13-14-15(27-16(13)18-9)17(23)21(20-19-14)11-5-3-4-6-12(11)22(24)25/h3-7H,8H2,1-2H3. The minimum absolute atomic E-state index is 0.0700. The number of ether oxygens (including phenoxy) is 1. The first kappa shape index (κ1) is 17.2. The van der Waals surface area contributed by atoms with Gasteiger partial charge in [0.2, 0.25) is 0 Å². The van der Waals surface area contributed by atoms with Gasteiger partial charge in [-0.3, -0.25) is 14.9 Å². The lowest BCUT2D eigenvalue weighted by molar-refractivity contribution is -0.384. The van der Waals surface area contributed by atoms with Crippen LogP contribution in [0.25, 0.3) is 26.1 Å². The summed E-state index contributed by atoms with van der Waals surface area (Å²) in [6.07, 6.45) is 0. The lowest BCUT2D eigenvalue weighted by Crippen LogP contribution is -2.22. The SMILES string of the molecule is COCc1cc(C)nc2sc3c(=O)n(-c4ccccc4[N+](=O)[O-])nnc3c12. The highest BCUT2D eigenvalue weighted by molar-refractivity contribution is 7.25. The molecule has 0 aliphatic carbocycles. The van der Waals surface area contributed by atoms with Gasteiger partial charge in [-0.05, 0) is 24.6 Å². The zero-order valence-corrected chi connectivity index (χ0v) is 15.2. The van der Waals surface area contributed by atoms with Crippen LogP contribution in [-0.4, -0.2) is 32.0 Å². The fourth-order valence-electron chi connectivity index (χ4n) is 2.99. The van der Waals surface area contributed by atoms with Crippen molar-refractivity contribution in [3.63, 3.8) is 0 Å². The molecule has 4 aromatic rings. The van der Waals surface area contributed by atoms with Crippen molar-refractivity contribution in [2.75, 3.05) is 7.11 Å². The van der Waals surface area contributed by atoms with Crippen LogP contribution < -0.4 is 5.56 Å². The van der Waals surface area contributed by atoms with E-state index < -0.39 is 10.5 Å². The number of aryl methyl sites for hydroxylation is 1. The van der Waals surface area contributed by atoms with Crippen LogP contribution in [0.2, 0.25) is 0 Å². The van der Waals surface area contributed by atoms with Gasteiger partial charge in [-0.15, -0.1) is 16.4 Å². The normalized spacial score (nSPS) is 11.3. The number of benzene rings is 1. The molecule has 0 fully saturated rings. The van der Waals surface area contributed by atoms with E-state index in [1.165, 1.54) is 29.5 Å². The van der Waals surface area contributed by atoms with Crippen LogP contribution in [0.1, 0.15) is 11.3 Å². The lowest BCUT2D eigenvalue weighted by atomic mass is 10.1. The molecule has 0 saturated heterocycles. The number of methoxy groups -OCH3 is 1. The maximum Gasteiger partial charge on any atom is 0.295 e. The Hall–Kier alpha value is -3.24. The largest absolute Gasteiger partial charge is 0.380 e. The lowest BCUT2D eigenvalue weighted by Gasteiger charge is -2.05. The summed E-state index contributed by atoms with van der Waals surface area (Å²) in [6.45, 7) is 2.21. The molecule has 0 amide bonds. The van der Waals surface area contributed by atoms with Crippen molar-refractivity contribution in [2.45, 2.75) is 13.5 Å². The summed E-state index contributed by atoms with van der Waals surface area (Å²) in [4.78, 5) is 28.9. The molecular weight excluding hydrogens is 370 g/mol. The number of hydrogen-bond acceptors (Lipinski definition) is 8. The van der Waals surface area contributed by atoms with Crippen molar-refractivity contribution in [3.8, 4) is 5.69 Å². The van der Waals surface area contributed by atoms with Gasteiger partial charge in [0, 0.05) is 24.3 Å². The number of nitro groups is 1. The third-order valence-corrected chi connectivity index (χ3v) is 5.13. The zero-order valence-electron chi connectivity index (χ0n) is 14.4. The van der Waals surface area contributed by atoms with Crippen LogP contribution in [0.3, 0.4) is 0 Å². The van der Waals surface area contributed by atoms with E-state index in [1.54, 1.807) is 13.2 Å². The first-order valence-corrected chi connectivity index (χ1v) is 8.74. The van der Waals surface area contributed by atoms with Crippen LogP contribution in [0.15, 0.2) is 35.1 Å². The summed E-state index contributed by atoms with van der Waals surface area (Å²) >= 11 is 1.19. The Labute approximate surface area is 156 Å². The van der Waals surface area contributed by atoms with Gasteiger partial charge in [-0.1, -0.05) is 17.3 Å². The van der Waals surface area contributed by atoms with E-state index >= 15 is 0 Å². The summed E-state index contributed by atoms with van der Waals surface area (Å²) in [7, 11) is 1.59. The van der Waals surface area contributed by atoms with Crippen LogP contribution >= 0.6 is 11.3 Å². The molecular formula is C17H13N5O4S. The Balaban J connectivity index is 2.05. The molecule has 0 unspecified atom stereocenters. The maximum absolute atomic E-state index is 13.0. The molecule has 0 aliphatic heterocycles. The summed E-state index contributed by atoms with van der Waals surface area (Å²) in [5, 5.41) is 20.1. The zero-order chi connectivity index (χ0) is 19.1. The number of nitro benzene ring substituents is 1. The molecule has 0 radical (unpaired) electrons. The number of para-hydroxylation sites is 2. The Morgan fingerprint density at radius 1 is 1.33 bits per heavy atom. The number of fused-ring (bicyclic) bond motifs is 3. The molecule has 4 rings (SSSR count). The van der Waals surface area contributed by atoms with Gasteiger partial charge in [0.25, 0.3) is 11.2 Å². The van der Waals surface area contributed by atoms with Crippen molar-refractivity contribution < 1.29 is 9.66 Å². The van der Waals surface area contributed by atoms with Gasteiger partial charge in [0.15, 0.2) is 0 Å². The third kappa shape index (κ3) is 2.75. The molecule has 0 atom stereocenters. The van der Waals surface area contributed by atoms with Gasteiger partial charge in [0.1, 0.15) is 20.7 Å². The molecule has 0 aliphatic rings. The fourth-order valence-corrected chi connectivity index (χ4v) is 4.11. The van der Waals surface area contributed by atoms with Crippen molar-refractivity contribution >= 4 is 37.5 Å². The molecule has 136 valence electrons. The van der Waals surface area contributed by atoms with Gasteiger partial charge < -0.3 is 4.74 Å². The molecule has 3 heterocycles. The van der Waals surface area contributed by atoms with E-state index in [4.69, 9.17) is 4.74 Å². The first-order chi connectivity index (χ1) is 13.0. The number of aromatic nitrogens is 4. The highest BCUT2D eigenvalue weighted by Crippen LogP contribution is 2.32. The monoisotopic (exact) mass is 383 g/mol. The Kier molecular flexibility index (Phi) is 4.13. The highest BCUT2D eigenvalue weighted by Gasteiger charge is 2.21. The van der Waals surface area contributed by atoms with Crippen molar-refractivity contribution in [1.82, 2.24) is 20.0 Å². The van der Waals surface area contributed by atoms with Crippen LogP contribution in [-0.2, 0) is 11.3 Å². The van der Waals surface area contributed by atoms with E-state index in [1.807, 2.05) is 13.0 Å². The van der Waals surface area contributed by atoms with Gasteiger partial charge in [0.05, 0.1) is 11.5 Å². The highest BCUT2D eigenvalue weighted by atomic mass is 32.1. The summed E-state index contributed by atoms with van der Waals surface area (Å²) in [5.74, 6) is 0. The average molecular weight is 383 g/mol.